The van der Waals surface area contributed by atoms with Crippen molar-refractivity contribution >= 4 is 33.2 Å². The molecule has 164 valence electrons. The first kappa shape index (κ1) is 21.0. The largest absolute Gasteiger partial charge is 0.490 e. The smallest absolute Gasteiger partial charge is 0.260 e. The number of halogens is 1. The molecule has 1 aliphatic carbocycles. The summed E-state index contributed by atoms with van der Waals surface area (Å²) >= 11 is 7.89. The standard InChI is InChI=1S/C25H23ClN2O3S/c1-2-30-20-13-15(11-12-19(20)31-14-16-7-3-5-9-18(16)26)23-27-24(29)22-17-8-4-6-10-21(17)32-25(22)28-23/h3,5,7,9,11-13H,2,4,6,8,10,14H2,1H3,(H,27,28,29). The summed E-state index contributed by atoms with van der Waals surface area (Å²) in [7, 11) is 0. The number of aromatic nitrogens is 2. The van der Waals surface area contributed by atoms with Gasteiger partial charge in [0.15, 0.2) is 11.5 Å². The normalized spacial score (nSPS) is 13.2. The van der Waals surface area contributed by atoms with E-state index in [-0.39, 0.29) is 5.56 Å². The molecule has 0 aliphatic heterocycles. The van der Waals surface area contributed by atoms with Crippen molar-refractivity contribution in [1.82, 2.24) is 9.97 Å². The Labute approximate surface area is 195 Å². The van der Waals surface area contributed by atoms with E-state index >= 15 is 0 Å². The first-order valence-electron chi connectivity index (χ1n) is 10.8. The van der Waals surface area contributed by atoms with E-state index in [4.69, 9.17) is 26.1 Å². The van der Waals surface area contributed by atoms with Gasteiger partial charge in [0, 0.05) is 21.0 Å². The van der Waals surface area contributed by atoms with Crippen LogP contribution >= 0.6 is 22.9 Å². The van der Waals surface area contributed by atoms with Crippen LogP contribution in [0.5, 0.6) is 11.5 Å². The molecule has 0 bridgehead atoms. The van der Waals surface area contributed by atoms with Gasteiger partial charge in [-0.05, 0) is 62.4 Å². The van der Waals surface area contributed by atoms with Gasteiger partial charge >= 0.3 is 0 Å². The van der Waals surface area contributed by atoms with Crippen molar-refractivity contribution < 1.29 is 9.47 Å². The molecule has 0 saturated heterocycles. The maximum absolute atomic E-state index is 12.9. The van der Waals surface area contributed by atoms with Crippen LogP contribution in [0.25, 0.3) is 21.6 Å². The second-order valence-electron chi connectivity index (χ2n) is 7.78. The lowest BCUT2D eigenvalue weighted by molar-refractivity contribution is 0.269. The number of nitrogens with one attached hydrogen (secondary N) is 1. The van der Waals surface area contributed by atoms with Crippen molar-refractivity contribution in [1.29, 1.82) is 0 Å². The van der Waals surface area contributed by atoms with Gasteiger partial charge in [-0.25, -0.2) is 4.98 Å². The van der Waals surface area contributed by atoms with Gasteiger partial charge in [-0.2, -0.15) is 0 Å². The molecule has 2 aromatic heterocycles. The van der Waals surface area contributed by atoms with E-state index in [9.17, 15) is 4.79 Å². The Bertz CT molecular complexity index is 1350. The van der Waals surface area contributed by atoms with Crippen LogP contribution in [0.2, 0.25) is 5.02 Å². The van der Waals surface area contributed by atoms with Crippen LogP contribution in [0.3, 0.4) is 0 Å². The topological polar surface area (TPSA) is 64.2 Å². The number of thiophene rings is 1. The molecule has 0 fully saturated rings. The number of hydrogen-bond acceptors (Lipinski definition) is 5. The quantitative estimate of drug-likeness (QED) is 0.369. The van der Waals surface area contributed by atoms with E-state index in [1.807, 2.05) is 49.4 Å². The molecule has 4 aromatic rings. The third-order valence-corrected chi connectivity index (χ3v) is 7.24. The summed E-state index contributed by atoms with van der Waals surface area (Å²) in [6, 6.07) is 13.2. The summed E-state index contributed by atoms with van der Waals surface area (Å²) in [4.78, 5) is 22.8. The Kier molecular flexibility index (Phi) is 5.89. The molecule has 2 heterocycles. The summed E-state index contributed by atoms with van der Waals surface area (Å²) < 4.78 is 11.8. The zero-order valence-electron chi connectivity index (χ0n) is 17.7. The number of fused-ring (bicyclic) bond motifs is 3. The van der Waals surface area contributed by atoms with E-state index in [0.29, 0.717) is 35.6 Å². The number of benzene rings is 2. The Morgan fingerprint density at radius 1 is 1.09 bits per heavy atom. The Hall–Kier alpha value is -2.83. The maximum Gasteiger partial charge on any atom is 0.260 e. The van der Waals surface area contributed by atoms with Gasteiger partial charge in [0.2, 0.25) is 0 Å². The van der Waals surface area contributed by atoms with Gasteiger partial charge in [-0.1, -0.05) is 29.8 Å². The van der Waals surface area contributed by atoms with E-state index in [1.165, 1.54) is 16.9 Å². The number of nitrogens with zero attached hydrogens (tertiary/aromatic N) is 1. The molecule has 0 amide bonds. The fourth-order valence-electron chi connectivity index (χ4n) is 4.11. The second-order valence-corrected chi connectivity index (χ2v) is 9.27. The number of aryl methyl sites for hydroxylation is 2. The molecule has 7 heteroatoms. The van der Waals surface area contributed by atoms with Crippen molar-refractivity contribution in [3.8, 4) is 22.9 Å². The van der Waals surface area contributed by atoms with Gasteiger partial charge in [-0.15, -0.1) is 11.3 Å². The minimum Gasteiger partial charge on any atom is -0.490 e. The van der Waals surface area contributed by atoms with Crippen LogP contribution in [-0.2, 0) is 19.4 Å². The first-order valence-corrected chi connectivity index (χ1v) is 12.0. The van der Waals surface area contributed by atoms with Gasteiger partial charge in [0.05, 0.1) is 12.0 Å². The Balaban J connectivity index is 1.48. The predicted molar refractivity (Wildman–Crippen MR) is 129 cm³/mol. The molecular formula is C25H23ClN2O3S. The van der Waals surface area contributed by atoms with Gasteiger partial charge in [-0.3, -0.25) is 4.79 Å². The molecule has 0 radical (unpaired) electrons. The fraction of sp³-hybridized carbons (Fsp3) is 0.280. The van der Waals surface area contributed by atoms with Crippen LogP contribution < -0.4 is 15.0 Å². The highest BCUT2D eigenvalue weighted by Gasteiger charge is 2.20. The molecule has 0 unspecified atom stereocenters. The number of H-pyrrole nitrogens is 1. The summed E-state index contributed by atoms with van der Waals surface area (Å²) in [5, 5.41) is 1.42. The summed E-state index contributed by atoms with van der Waals surface area (Å²) in [5.74, 6) is 1.76. The van der Waals surface area contributed by atoms with Gasteiger partial charge < -0.3 is 14.5 Å². The van der Waals surface area contributed by atoms with Crippen molar-refractivity contribution in [2.45, 2.75) is 39.2 Å². The average molecular weight is 467 g/mol. The lowest BCUT2D eigenvalue weighted by Gasteiger charge is -2.14. The highest BCUT2D eigenvalue weighted by atomic mass is 35.5. The number of rotatable bonds is 6. The van der Waals surface area contributed by atoms with Gasteiger partial charge in [0.1, 0.15) is 17.3 Å². The van der Waals surface area contributed by atoms with Crippen molar-refractivity contribution in [3.05, 3.63) is 73.8 Å². The SMILES string of the molecule is CCOc1cc(-c2nc3sc4c(c3c(=O)[nH]2)CCCC4)ccc1OCc1ccccc1Cl. The molecular weight excluding hydrogens is 444 g/mol. The molecule has 2 aromatic carbocycles. The first-order chi connectivity index (χ1) is 15.6. The molecule has 32 heavy (non-hydrogen) atoms. The Morgan fingerprint density at radius 2 is 1.94 bits per heavy atom. The monoisotopic (exact) mass is 466 g/mol. The van der Waals surface area contributed by atoms with E-state index in [0.717, 1.165) is 40.6 Å². The second kappa shape index (κ2) is 8.96. The Morgan fingerprint density at radius 3 is 2.78 bits per heavy atom. The maximum atomic E-state index is 12.9. The average Bonchev–Trinajstić information content (AvgIpc) is 3.18. The van der Waals surface area contributed by atoms with Crippen LogP contribution in [0.15, 0.2) is 47.3 Å². The zero-order chi connectivity index (χ0) is 22.1. The molecule has 0 spiro atoms. The molecule has 0 saturated carbocycles. The molecule has 5 nitrogen and oxygen atoms in total. The summed E-state index contributed by atoms with van der Waals surface area (Å²) in [6.07, 6.45) is 4.31. The third-order valence-electron chi connectivity index (χ3n) is 5.68. The minimum absolute atomic E-state index is 0.0681. The molecule has 1 aliphatic rings. The van der Waals surface area contributed by atoms with Gasteiger partial charge in [0.25, 0.3) is 5.56 Å². The highest BCUT2D eigenvalue weighted by molar-refractivity contribution is 7.18. The van der Waals surface area contributed by atoms with Crippen molar-refractivity contribution in [3.63, 3.8) is 0 Å². The van der Waals surface area contributed by atoms with Crippen molar-refractivity contribution in [2.75, 3.05) is 6.61 Å². The van der Waals surface area contributed by atoms with E-state index < -0.39 is 0 Å². The van der Waals surface area contributed by atoms with Crippen LogP contribution in [-0.4, -0.2) is 16.6 Å². The predicted octanol–water partition coefficient (Wildman–Crippen LogP) is 6.16. The van der Waals surface area contributed by atoms with Crippen LogP contribution in [0.1, 0.15) is 35.8 Å². The van der Waals surface area contributed by atoms with Crippen molar-refractivity contribution in [2.24, 2.45) is 0 Å². The lowest BCUT2D eigenvalue weighted by atomic mass is 9.97. The lowest BCUT2D eigenvalue weighted by Crippen LogP contribution is -2.11. The number of ether oxygens (including phenoxy) is 2. The van der Waals surface area contributed by atoms with E-state index in [2.05, 4.69) is 4.98 Å². The molecule has 1 N–H and O–H groups in total. The summed E-state index contributed by atoms with van der Waals surface area (Å²) in [5.41, 5.74) is 2.80. The number of hydrogen-bond donors (Lipinski definition) is 1. The third kappa shape index (κ3) is 4.00. The zero-order valence-corrected chi connectivity index (χ0v) is 19.3. The summed E-state index contributed by atoms with van der Waals surface area (Å²) in [6.45, 7) is 2.75. The van der Waals surface area contributed by atoms with E-state index in [1.54, 1.807) is 11.3 Å². The van der Waals surface area contributed by atoms with Crippen LogP contribution in [0, 0.1) is 0 Å². The number of aromatic amines is 1. The van der Waals surface area contributed by atoms with Crippen LogP contribution in [0.4, 0.5) is 0 Å². The molecule has 0 atom stereocenters. The fourth-order valence-corrected chi connectivity index (χ4v) is 5.57. The minimum atomic E-state index is -0.0681. The molecule has 5 rings (SSSR count). The highest BCUT2D eigenvalue weighted by Crippen LogP contribution is 2.36.